The molecule has 1 saturated heterocycles. The minimum absolute atomic E-state index is 0.0775. The highest BCUT2D eigenvalue weighted by atomic mass is 16.5. The number of carbonyl (C=O) groups excluding carboxylic acids is 1. The Morgan fingerprint density at radius 2 is 2.26 bits per heavy atom. The summed E-state index contributed by atoms with van der Waals surface area (Å²) < 4.78 is 5.51. The molecule has 1 aliphatic carbocycles. The molecule has 2 fully saturated rings. The van der Waals surface area contributed by atoms with E-state index in [1.165, 1.54) is 25.7 Å². The van der Waals surface area contributed by atoms with Crippen molar-refractivity contribution in [3.8, 4) is 0 Å². The van der Waals surface area contributed by atoms with Gasteiger partial charge in [-0.05, 0) is 31.1 Å². The van der Waals surface area contributed by atoms with E-state index in [0.29, 0.717) is 25.1 Å². The molecule has 4 nitrogen and oxygen atoms in total. The molecule has 2 aliphatic rings. The van der Waals surface area contributed by atoms with Crippen molar-refractivity contribution >= 4 is 5.91 Å². The number of morpholine rings is 1. The molecule has 3 unspecified atom stereocenters. The molecule has 2 N–H and O–H groups in total. The lowest BCUT2D eigenvalue weighted by Crippen LogP contribution is -2.50. The molecule has 0 bridgehead atoms. The minimum Gasteiger partial charge on any atom is -0.366 e. The van der Waals surface area contributed by atoms with Crippen LogP contribution >= 0.6 is 0 Å². The van der Waals surface area contributed by atoms with Crippen LogP contribution in [0.2, 0.25) is 0 Å². The Bertz CT molecular complexity index is 288. The molecule has 1 amide bonds. The SMILES string of the molecule is CC(C)CCC1CCCC1NC(=O)C1CNCCO1. The molecule has 1 saturated carbocycles. The molecule has 1 aliphatic heterocycles. The lowest BCUT2D eigenvalue weighted by atomic mass is 9.93. The van der Waals surface area contributed by atoms with E-state index in [9.17, 15) is 4.79 Å². The maximum Gasteiger partial charge on any atom is 0.250 e. The quantitative estimate of drug-likeness (QED) is 0.798. The third-order valence-electron chi connectivity index (χ3n) is 4.32. The van der Waals surface area contributed by atoms with Crippen LogP contribution in [0, 0.1) is 11.8 Å². The van der Waals surface area contributed by atoms with E-state index in [1.807, 2.05) is 0 Å². The highest BCUT2D eigenvalue weighted by molar-refractivity contribution is 5.81. The first-order chi connectivity index (χ1) is 9.16. The van der Waals surface area contributed by atoms with Crippen LogP contribution in [0.3, 0.4) is 0 Å². The van der Waals surface area contributed by atoms with E-state index in [4.69, 9.17) is 4.74 Å². The average Bonchev–Trinajstić information content (AvgIpc) is 2.84. The smallest absolute Gasteiger partial charge is 0.250 e. The second-order valence-electron chi connectivity index (χ2n) is 6.34. The summed E-state index contributed by atoms with van der Waals surface area (Å²) in [7, 11) is 0. The van der Waals surface area contributed by atoms with Crippen LogP contribution in [0.1, 0.15) is 46.0 Å². The van der Waals surface area contributed by atoms with Crippen LogP contribution in [0.15, 0.2) is 0 Å². The van der Waals surface area contributed by atoms with Gasteiger partial charge < -0.3 is 15.4 Å². The summed E-state index contributed by atoms with van der Waals surface area (Å²) in [6.45, 7) is 6.67. The molecule has 0 aromatic rings. The van der Waals surface area contributed by atoms with E-state index < -0.39 is 0 Å². The minimum atomic E-state index is -0.292. The first-order valence-electron chi connectivity index (χ1n) is 7.79. The van der Waals surface area contributed by atoms with E-state index in [1.54, 1.807) is 0 Å². The summed E-state index contributed by atoms with van der Waals surface area (Å²) in [5.74, 6) is 1.50. The van der Waals surface area contributed by atoms with Gasteiger partial charge in [0.25, 0.3) is 5.91 Å². The van der Waals surface area contributed by atoms with Gasteiger partial charge in [0, 0.05) is 19.1 Å². The van der Waals surface area contributed by atoms with Crippen molar-refractivity contribution in [3.05, 3.63) is 0 Å². The normalized spacial score (nSPS) is 31.6. The van der Waals surface area contributed by atoms with E-state index in [-0.39, 0.29) is 12.0 Å². The Hall–Kier alpha value is -0.610. The first-order valence-corrected chi connectivity index (χ1v) is 7.79. The molecule has 0 spiro atoms. The Kier molecular flexibility index (Phi) is 5.64. The Morgan fingerprint density at radius 1 is 1.42 bits per heavy atom. The van der Waals surface area contributed by atoms with E-state index in [0.717, 1.165) is 18.9 Å². The molecule has 3 atom stereocenters. The lowest BCUT2D eigenvalue weighted by Gasteiger charge is -2.27. The Labute approximate surface area is 116 Å². The maximum atomic E-state index is 12.2. The topological polar surface area (TPSA) is 50.4 Å². The van der Waals surface area contributed by atoms with Gasteiger partial charge in [0.15, 0.2) is 0 Å². The first kappa shape index (κ1) is 14.8. The predicted octanol–water partition coefficient (Wildman–Crippen LogP) is 1.70. The lowest BCUT2D eigenvalue weighted by molar-refractivity contribution is -0.135. The number of nitrogens with one attached hydrogen (secondary N) is 2. The zero-order chi connectivity index (χ0) is 13.7. The van der Waals surface area contributed by atoms with Crippen molar-refractivity contribution in [1.82, 2.24) is 10.6 Å². The fourth-order valence-corrected chi connectivity index (χ4v) is 3.13. The average molecular weight is 268 g/mol. The second kappa shape index (κ2) is 7.25. The summed E-state index contributed by atoms with van der Waals surface area (Å²) in [4.78, 5) is 12.2. The fourth-order valence-electron chi connectivity index (χ4n) is 3.13. The summed E-state index contributed by atoms with van der Waals surface area (Å²) in [6.07, 6.45) is 5.86. The molecule has 0 aromatic carbocycles. The fraction of sp³-hybridized carbons (Fsp3) is 0.933. The molecule has 4 heteroatoms. The van der Waals surface area contributed by atoms with Gasteiger partial charge in [-0.1, -0.05) is 26.7 Å². The largest absolute Gasteiger partial charge is 0.366 e. The highest BCUT2D eigenvalue weighted by Gasteiger charge is 2.31. The van der Waals surface area contributed by atoms with Crippen LogP contribution in [0.5, 0.6) is 0 Å². The third kappa shape index (κ3) is 4.46. The zero-order valence-corrected chi connectivity index (χ0v) is 12.3. The van der Waals surface area contributed by atoms with Gasteiger partial charge in [0.2, 0.25) is 0 Å². The van der Waals surface area contributed by atoms with Crippen molar-refractivity contribution in [2.24, 2.45) is 11.8 Å². The third-order valence-corrected chi connectivity index (χ3v) is 4.32. The van der Waals surface area contributed by atoms with Gasteiger partial charge in [0.05, 0.1) is 6.61 Å². The van der Waals surface area contributed by atoms with Crippen molar-refractivity contribution in [2.75, 3.05) is 19.7 Å². The number of hydrogen-bond donors (Lipinski definition) is 2. The van der Waals surface area contributed by atoms with Crippen LogP contribution in [0.4, 0.5) is 0 Å². The number of rotatable bonds is 5. The number of hydrogen-bond acceptors (Lipinski definition) is 3. The Balaban J connectivity index is 1.78. The second-order valence-corrected chi connectivity index (χ2v) is 6.34. The molecular weight excluding hydrogens is 240 g/mol. The highest BCUT2D eigenvalue weighted by Crippen LogP contribution is 2.30. The maximum absolute atomic E-state index is 12.2. The Morgan fingerprint density at radius 3 is 2.95 bits per heavy atom. The van der Waals surface area contributed by atoms with Gasteiger partial charge in [0.1, 0.15) is 6.10 Å². The van der Waals surface area contributed by atoms with Gasteiger partial charge in [-0.2, -0.15) is 0 Å². The number of carbonyl (C=O) groups is 1. The number of amides is 1. The van der Waals surface area contributed by atoms with Crippen molar-refractivity contribution in [3.63, 3.8) is 0 Å². The molecular formula is C15H28N2O2. The summed E-state index contributed by atoms with van der Waals surface area (Å²) in [6, 6.07) is 0.372. The van der Waals surface area contributed by atoms with Crippen LogP contribution < -0.4 is 10.6 Å². The van der Waals surface area contributed by atoms with E-state index in [2.05, 4.69) is 24.5 Å². The van der Waals surface area contributed by atoms with Crippen molar-refractivity contribution in [2.45, 2.75) is 58.1 Å². The summed E-state index contributed by atoms with van der Waals surface area (Å²) >= 11 is 0. The molecule has 2 rings (SSSR count). The molecule has 110 valence electrons. The van der Waals surface area contributed by atoms with Gasteiger partial charge in [-0.3, -0.25) is 4.79 Å². The zero-order valence-electron chi connectivity index (χ0n) is 12.3. The van der Waals surface area contributed by atoms with Crippen LogP contribution in [-0.2, 0) is 9.53 Å². The van der Waals surface area contributed by atoms with Gasteiger partial charge in [-0.25, -0.2) is 0 Å². The van der Waals surface area contributed by atoms with Crippen LogP contribution in [0.25, 0.3) is 0 Å². The monoisotopic (exact) mass is 268 g/mol. The standard InChI is InChI=1S/C15H28N2O2/c1-11(2)6-7-12-4-3-5-13(12)17-15(18)14-10-16-8-9-19-14/h11-14,16H,3-10H2,1-2H3,(H,17,18). The molecule has 1 heterocycles. The number of ether oxygens (including phenoxy) is 1. The van der Waals surface area contributed by atoms with Gasteiger partial charge >= 0.3 is 0 Å². The molecule has 0 aromatic heterocycles. The molecule has 0 radical (unpaired) electrons. The van der Waals surface area contributed by atoms with Crippen molar-refractivity contribution in [1.29, 1.82) is 0 Å². The van der Waals surface area contributed by atoms with Crippen molar-refractivity contribution < 1.29 is 9.53 Å². The summed E-state index contributed by atoms with van der Waals surface area (Å²) in [5, 5.41) is 6.42. The summed E-state index contributed by atoms with van der Waals surface area (Å²) in [5.41, 5.74) is 0. The van der Waals surface area contributed by atoms with Gasteiger partial charge in [-0.15, -0.1) is 0 Å². The van der Waals surface area contributed by atoms with E-state index >= 15 is 0 Å². The molecule has 19 heavy (non-hydrogen) atoms. The predicted molar refractivity (Wildman–Crippen MR) is 76.0 cm³/mol. The van der Waals surface area contributed by atoms with Crippen LogP contribution in [-0.4, -0.2) is 37.7 Å².